The molecule has 2 aromatic rings. The van der Waals surface area contributed by atoms with Gasteiger partial charge in [-0.25, -0.2) is 4.98 Å². The molecular formula is C13H11BrIN3O2. The fourth-order valence-electron chi connectivity index (χ4n) is 1.54. The lowest BCUT2D eigenvalue weighted by Crippen LogP contribution is -2.16. The van der Waals surface area contributed by atoms with E-state index in [1.165, 1.54) is 7.11 Å². The average Bonchev–Trinajstić information content (AvgIpc) is 2.40. The van der Waals surface area contributed by atoms with Gasteiger partial charge in [-0.05, 0) is 47.7 Å². The van der Waals surface area contributed by atoms with E-state index in [2.05, 4.69) is 53.8 Å². The van der Waals surface area contributed by atoms with Crippen LogP contribution in [0.4, 0.5) is 5.95 Å². The number of hydrogen-bond acceptors (Lipinski definition) is 4. The van der Waals surface area contributed by atoms with E-state index in [0.29, 0.717) is 11.4 Å². The molecule has 1 heterocycles. The fraction of sp³-hybridized carbons (Fsp3) is 0.154. The number of amides is 1. The summed E-state index contributed by atoms with van der Waals surface area (Å²) in [7, 11) is 1.52. The maximum Gasteiger partial charge on any atom is 0.259 e. The number of nitrogens with one attached hydrogen (secondary N) is 1. The lowest BCUT2D eigenvalue weighted by Gasteiger charge is -2.08. The molecule has 0 spiro atoms. The highest BCUT2D eigenvalue weighted by Gasteiger charge is 2.13. The van der Waals surface area contributed by atoms with Gasteiger partial charge in [-0.15, -0.1) is 0 Å². The zero-order chi connectivity index (χ0) is 14.7. The Hall–Kier alpha value is -1.22. The number of hydrogen-bond donors (Lipinski definition) is 1. The number of halogens is 2. The van der Waals surface area contributed by atoms with Crippen LogP contribution in [0, 0.1) is 10.5 Å². The van der Waals surface area contributed by atoms with E-state index in [4.69, 9.17) is 4.74 Å². The van der Waals surface area contributed by atoms with E-state index in [9.17, 15) is 4.79 Å². The molecule has 0 saturated carbocycles. The van der Waals surface area contributed by atoms with Gasteiger partial charge in [-0.2, -0.15) is 4.98 Å². The minimum atomic E-state index is -0.261. The van der Waals surface area contributed by atoms with E-state index in [1.54, 1.807) is 12.1 Å². The predicted molar refractivity (Wildman–Crippen MR) is 88.1 cm³/mol. The first-order valence-electron chi connectivity index (χ1n) is 5.65. The molecule has 0 atom stereocenters. The third kappa shape index (κ3) is 3.66. The highest BCUT2D eigenvalue weighted by Crippen LogP contribution is 2.20. The summed E-state index contributed by atoms with van der Waals surface area (Å²) in [5, 5.41) is 2.68. The first-order chi connectivity index (χ1) is 9.49. The quantitative estimate of drug-likeness (QED) is 0.732. The normalized spacial score (nSPS) is 10.2. The molecule has 1 N–H and O–H groups in total. The van der Waals surface area contributed by atoms with E-state index >= 15 is 0 Å². The second-order valence-corrected chi connectivity index (χ2v) is 6.03. The van der Waals surface area contributed by atoms with Crippen molar-refractivity contribution >= 4 is 50.4 Å². The number of ether oxygens (including phenoxy) is 1. The van der Waals surface area contributed by atoms with Gasteiger partial charge in [-0.1, -0.05) is 15.9 Å². The number of carbonyl (C=O) groups is 1. The molecule has 0 aliphatic carbocycles. The SMILES string of the molecule is COc1cc(C)nc(NC(=O)c2cc(Br)ccc2I)n1. The molecule has 20 heavy (non-hydrogen) atoms. The highest BCUT2D eigenvalue weighted by atomic mass is 127. The van der Waals surface area contributed by atoms with Gasteiger partial charge in [-0.3, -0.25) is 10.1 Å². The Morgan fingerprint density at radius 3 is 2.80 bits per heavy atom. The van der Waals surface area contributed by atoms with E-state index in [1.807, 2.05) is 19.1 Å². The van der Waals surface area contributed by atoms with Gasteiger partial charge in [0, 0.05) is 19.8 Å². The smallest absolute Gasteiger partial charge is 0.259 e. The second-order valence-electron chi connectivity index (χ2n) is 3.95. The molecule has 0 saturated heterocycles. The van der Waals surface area contributed by atoms with Crippen LogP contribution in [0.1, 0.15) is 16.1 Å². The first-order valence-corrected chi connectivity index (χ1v) is 7.53. The molecule has 104 valence electrons. The molecule has 0 radical (unpaired) electrons. The number of benzene rings is 1. The molecule has 1 aromatic carbocycles. The Bertz CT molecular complexity index is 664. The summed E-state index contributed by atoms with van der Waals surface area (Å²) >= 11 is 5.46. The monoisotopic (exact) mass is 447 g/mol. The number of rotatable bonds is 3. The number of aromatic nitrogens is 2. The molecule has 2 rings (SSSR count). The van der Waals surface area contributed by atoms with Crippen LogP contribution in [0.15, 0.2) is 28.7 Å². The summed E-state index contributed by atoms with van der Waals surface area (Å²) in [5.41, 5.74) is 1.28. The van der Waals surface area contributed by atoms with Gasteiger partial charge < -0.3 is 4.74 Å². The molecular weight excluding hydrogens is 437 g/mol. The zero-order valence-electron chi connectivity index (χ0n) is 10.8. The minimum absolute atomic E-state index is 0.225. The van der Waals surface area contributed by atoms with Crippen LogP contribution in [0.5, 0.6) is 5.88 Å². The van der Waals surface area contributed by atoms with Crippen LogP contribution in [0.3, 0.4) is 0 Å². The van der Waals surface area contributed by atoms with Crippen molar-refractivity contribution in [3.05, 3.63) is 43.6 Å². The topological polar surface area (TPSA) is 64.1 Å². The Morgan fingerprint density at radius 1 is 1.35 bits per heavy atom. The van der Waals surface area contributed by atoms with Gasteiger partial charge in [0.15, 0.2) is 0 Å². The molecule has 7 heteroatoms. The second kappa shape index (κ2) is 6.49. The number of methoxy groups -OCH3 is 1. The van der Waals surface area contributed by atoms with Crippen molar-refractivity contribution in [2.45, 2.75) is 6.92 Å². The summed E-state index contributed by atoms with van der Waals surface area (Å²) in [4.78, 5) is 20.5. The van der Waals surface area contributed by atoms with Gasteiger partial charge >= 0.3 is 0 Å². The Morgan fingerprint density at radius 2 is 2.10 bits per heavy atom. The van der Waals surface area contributed by atoms with Gasteiger partial charge in [0.1, 0.15) is 0 Å². The van der Waals surface area contributed by atoms with Gasteiger partial charge in [0.25, 0.3) is 5.91 Å². The zero-order valence-corrected chi connectivity index (χ0v) is 14.5. The standard InChI is InChI=1S/C13H11BrIN3O2/c1-7-5-11(20-2)17-13(16-7)18-12(19)9-6-8(14)3-4-10(9)15/h3-6H,1-2H3,(H,16,17,18,19). The van der Waals surface area contributed by atoms with Crippen LogP contribution >= 0.6 is 38.5 Å². The lowest BCUT2D eigenvalue weighted by atomic mass is 10.2. The average molecular weight is 448 g/mol. The van der Waals surface area contributed by atoms with Crippen molar-refractivity contribution < 1.29 is 9.53 Å². The Labute approximate surface area is 138 Å². The summed E-state index contributed by atoms with van der Waals surface area (Å²) < 4.78 is 6.74. The molecule has 0 bridgehead atoms. The van der Waals surface area contributed by atoms with Crippen LogP contribution in [-0.2, 0) is 0 Å². The third-order valence-electron chi connectivity index (χ3n) is 2.44. The Balaban J connectivity index is 2.27. The third-order valence-corrected chi connectivity index (χ3v) is 3.87. The molecule has 1 aromatic heterocycles. The first kappa shape index (κ1) is 15.2. The van der Waals surface area contributed by atoms with Crippen molar-refractivity contribution in [2.75, 3.05) is 12.4 Å². The highest BCUT2D eigenvalue weighted by molar-refractivity contribution is 14.1. The fourth-order valence-corrected chi connectivity index (χ4v) is 2.48. The largest absolute Gasteiger partial charge is 0.481 e. The van der Waals surface area contributed by atoms with E-state index in [-0.39, 0.29) is 11.9 Å². The maximum absolute atomic E-state index is 12.2. The van der Waals surface area contributed by atoms with Crippen LogP contribution in [-0.4, -0.2) is 23.0 Å². The lowest BCUT2D eigenvalue weighted by molar-refractivity contribution is 0.102. The number of carbonyl (C=O) groups excluding carboxylic acids is 1. The van der Waals surface area contributed by atoms with E-state index in [0.717, 1.165) is 13.7 Å². The van der Waals surface area contributed by atoms with Crippen LogP contribution < -0.4 is 10.1 Å². The summed E-state index contributed by atoms with van der Waals surface area (Å²) in [6.07, 6.45) is 0. The predicted octanol–water partition coefficient (Wildman–Crippen LogP) is 3.41. The van der Waals surface area contributed by atoms with Crippen molar-refractivity contribution in [1.82, 2.24) is 9.97 Å². The number of nitrogens with zero attached hydrogens (tertiary/aromatic N) is 2. The van der Waals surface area contributed by atoms with Crippen molar-refractivity contribution in [3.8, 4) is 5.88 Å². The molecule has 0 unspecified atom stereocenters. The van der Waals surface area contributed by atoms with E-state index < -0.39 is 0 Å². The van der Waals surface area contributed by atoms with Crippen molar-refractivity contribution in [2.24, 2.45) is 0 Å². The molecule has 0 aliphatic rings. The van der Waals surface area contributed by atoms with Crippen LogP contribution in [0.25, 0.3) is 0 Å². The maximum atomic E-state index is 12.2. The molecule has 1 amide bonds. The molecule has 0 aliphatic heterocycles. The molecule has 5 nitrogen and oxygen atoms in total. The van der Waals surface area contributed by atoms with Gasteiger partial charge in [0.2, 0.25) is 11.8 Å². The number of anilines is 1. The van der Waals surface area contributed by atoms with Crippen LogP contribution in [0.2, 0.25) is 0 Å². The summed E-state index contributed by atoms with van der Waals surface area (Å²) in [6, 6.07) is 7.19. The Kier molecular flexibility index (Phi) is 4.92. The minimum Gasteiger partial charge on any atom is -0.481 e. The number of aryl methyl sites for hydroxylation is 1. The summed E-state index contributed by atoms with van der Waals surface area (Å²) in [6.45, 7) is 1.81. The van der Waals surface area contributed by atoms with Crippen molar-refractivity contribution in [1.29, 1.82) is 0 Å². The molecule has 0 fully saturated rings. The summed E-state index contributed by atoms with van der Waals surface area (Å²) in [5.74, 6) is 0.378. The van der Waals surface area contributed by atoms with Gasteiger partial charge in [0.05, 0.1) is 12.7 Å². The van der Waals surface area contributed by atoms with Crippen molar-refractivity contribution in [3.63, 3.8) is 0 Å².